The van der Waals surface area contributed by atoms with Crippen LogP contribution in [0.4, 0.5) is 0 Å². The van der Waals surface area contributed by atoms with Gasteiger partial charge in [-0.2, -0.15) is 5.26 Å². The Balaban J connectivity index is 2.07. The van der Waals surface area contributed by atoms with Crippen molar-refractivity contribution in [2.45, 2.75) is 19.4 Å². The number of benzene rings is 1. The van der Waals surface area contributed by atoms with Gasteiger partial charge < -0.3 is 14.8 Å². The number of carbonyl (C=O) groups excluding carboxylic acids is 1. The molecule has 22 heavy (non-hydrogen) atoms. The van der Waals surface area contributed by atoms with Gasteiger partial charge in [0.05, 0.1) is 19.8 Å². The zero-order chi connectivity index (χ0) is 15.9. The summed E-state index contributed by atoms with van der Waals surface area (Å²) in [5.74, 6) is 0.501. The standard InChI is InChI=1S/C17H20N2O3/c1-12(14-5-3-4-6-16(14)21-2)9-17(20)19-15(10-18)13-7-8-22-11-13/h3-6,9,13,15H,7-8,11H2,1-2H3,(H,19,20)/b12-9+/t13-,15-/m1/s1. The largest absolute Gasteiger partial charge is 0.496 e. The molecule has 0 unspecified atom stereocenters. The van der Waals surface area contributed by atoms with Crippen molar-refractivity contribution >= 4 is 11.5 Å². The van der Waals surface area contributed by atoms with Gasteiger partial charge in [-0.15, -0.1) is 0 Å². The van der Waals surface area contributed by atoms with Gasteiger partial charge in [0.25, 0.3) is 0 Å². The van der Waals surface area contributed by atoms with Gasteiger partial charge >= 0.3 is 0 Å². The van der Waals surface area contributed by atoms with Crippen LogP contribution in [0.15, 0.2) is 30.3 Å². The third kappa shape index (κ3) is 3.86. The van der Waals surface area contributed by atoms with Crippen molar-refractivity contribution in [1.29, 1.82) is 5.26 Å². The first-order valence-electron chi connectivity index (χ1n) is 7.25. The lowest BCUT2D eigenvalue weighted by Gasteiger charge is -2.16. The van der Waals surface area contributed by atoms with E-state index in [-0.39, 0.29) is 11.8 Å². The summed E-state index contributed by atoms with van der Waals surface area (Å²) in [7, 11) is 1.60. The Hall–Kier alpha value is -2.32. The first-order chi connectivity index (χ1) is 10.7. The summed E-state index contributed by atoms with van der Waals surface area (Å²) in [5, 5.41) is 12.0. The molecule has 0 aromatic heterocycles. The lowest BCUT2D eigenvalue weighted by Crippen LogP contribution is -2.38. The van der Waals surface area contributed by atoms with Crippen LogP contribution in [0.1, 0.15) is 18.9 Å². The molecule has 5 heteroatoms. The van der Waals surface area contributed by atoms with E-state index in [0.29, 0.717) is 19.0 Å². The number of nitrogens with one attached hydrogen (secondary N) is 1. The second-order valence-corrected chi connectivity index (χ2v) is 5.27. The summed E-state index contributed by atoms with van der Waals surface area (Å²) in [5.41, 5.74) is 1.65. The second-order valence-electron chi connectivity index (χ2n) is 5.27. The molecule has 1 aromatic carbocycles. The molecular weight excluding hydrogens is 280 g/mol. The number of ether oxygens (including phenoxy) is 2. The zero-order valence-electron chi connectivity index (χ0n) is 12.8. The van der Waals surface area contributed by atoms with E-state index >= 15 is 0 Å². The first-order valence-corrected chi connectivity index (χ1v) is 7.25. The number of nitrogens with zero attached hydrogens (tertiary/aromatic N) is 1. The first kappa shape index (κ1) is 16.1. The average Bonchev–Trinajstić information content (AvgIpc) is 3.06. The maximum absolute atomic E-state index is 12.1. The van der Waals surface area contributed by atoms with E-state index in [1.165, 1.54) is 6.08 Å². The van der Waals surface area contributed by atoms with Crippen LogP contribution < -0.4 is 10.1 Å². The quantitative estimate of drug-likeness (QED) is 0.846. The van der Waals surface area contributed by atoms with E-state index in [0.717, 1.165) is 17.6 Å². The predicted molar refractivity (Wildman–Crippen MR) is 83.1 cm³/mol. The lowest BCUT2D eigenvalue weighted by atomic mass is 10.00. The van der Waals surface area contributed by atoms with E-state index < -0.39 is 6.04 Å². The number of methoxy groups -OCH3 is 1. The normalized spacial score (nSPS) is 19.3. The maximum atomic E-state index is 12.1. The van der Waals surface area contributed by atoms with Gasteiger partial charge in [-0.3, -0.25) is 4.79 Å². The van der Waals surface area contributed by atoms with Crippen LogP contribution in [0.25, 0.3) is 5.57 Å². The summed E-state index contributed by atoms with van der Waals surface area (Å²) < 4.78 is 10.6. The van der Waals surface area contributed by atoms with Crippen LogP contribution in [0.2, 0.25) is 0 Å². The molecule has 116 valence electrons. The van der Waals surface area contributed by atoms with Gasteiger partial charge in [0, 0.05) is 24.2 Å². The van der Waals surface area contributed by atoms with Gasteiger partial charge in [-0.1, -0.05) is 18.2 Å². The molecule has 0 bridgehead atoms. The van der Waals surface area contributed by atoms with Gasteiger partial charge in [0.1, 0.15) is 11.8 Å². The molecule has 1 aliphatic heterocycles. The highest BCUT2D eigenvalue weighted by atomic mass is 16.5. The second kappa shape index (κ2) is 7.62. The van der Waals surface area contributed by atoms with E-state index in [4.69, 9.17) is 9.47 Å². The number of carbonyl (C=O) groups is 1. The number of hydrogen-bond acceptors (Lipinski definition) is 4. The fourth-order valence-electron chi connectivity index (χ4n) is 2.51. The zero-order valence-corrected chi connectivity index (χ0v) is 12.8. The Morgan fingerprint density at radius 3 is 2.95 bits per heavy atom. The molecule has 5 nitrogen and oxygen atoms in total. The monoisotopic (exact) mass is 300 g/mol. The van der Waals surface area contributed by atoms with E-state index in [9.17, 15) is 10.1 Å². The number of nitriles is 1. The summed E-state index contributed by atoms with van der Waals surface area (Å²) in [6.07, 6.45) is 2.30. The Morgan fingerprint density at radius 1 is 1.55 bits per heavy atom. The molecule has 0 radical (unpaired) electrons. The third-order valence-electron chi connectivity index (χ3n) is 3.75. The summed E-state index contributed by atoms with van der Waals surface area (Å²) in [6, 6.07) is 9.13. The fraction of sp³-hybridized carbons (Fsp3) is 0.412. The molecule has 2 rings (SSSR count). The smallest absolute Gasteiger partial charge is 0.245 e. The number of para-hydroxylation sites is 1. The van der Waals surface area contributed by atoms with E-state index in [1.807, 2.05) is 31.2 Å². The molecule has 1 heterocycles. The molecule has 0 aliphatic carbocycles. The van der Waals surface area contributed by atoms with Gasteiger partial charge in [-0.05, 0) is 25.0 Å². The van der Waals surface area contributed by atoms with Crippen LogP contribution in [-0.2, 0) is 9.53 Å². The molecule has 1 aromatic rings. The highest BCUT2D eigenvalue weighted by Crippen LogP contribution is 2.25. The number of allylic oxidation sites excluding steroid dienone is 1. The minimum atomic E-state index is -0.517. The summed E-state index contributed by atoms with van der Waals surface area (Å²) in [6.45, 7) is 3.01. The van der Waals surface area contributed by atoms with E-state index in [2.05, 4.69) is 11.4 Å². The van der Waals surface area contributed by atoms with Crippen molar-refractivity contribution in [3.63, 3.8) is 0 Å². The molecular formula is C17H20N2O3. The summed E-state index contributed by atoms with van der Waals surface area (Å²) in [4.78, 5) is 12.1. The van der Waals surface area contributed by atoms with Crippen molar-refractivity contribution in [2.24, 2.45) is 5.92 Å². The van der Waals surface area contributed by atoms with Crippen molar-refractivity contribution in [1.82, 2.24) is 5.32 Å². The SMILES string of the molecule is COc1ccccc1/C(C)=C/C(=O)N[C@H](C#N)[C@@H]1CCOC1. The highest BCUT2D eigenvalue weighted by Gasteiger charge is 2.26. The summed E-state index contributed by atoms with van der Waals surface area (Å²) >= 11 is 0. The van der Waals surface area contributed by atoms with Crippen molar-refractivity contribution in [2.75, 3.05) is 20.3 Å². The number of rotatable bonds is 5. The molecule has 1 saturated heterocycles. The molecule has 1 aliphatic rings. The predicted octanol–water partition coefficient (Wildman–Crippen LogP) is 2.14. The Morgan fingerprint density at radius 2 is 2.32 bits per heavy atom. The van der Waals surface area contributed by atoms with Crippen molar-refractivity contribution in [3.8, 4) is 11.8 Å². The molecule has 0 spiro atoms. The average molecular weight is 300 g/mol. The Bertz CT molecular complexity index is 598. The third-order valence-corrected chi connectivity index (χ3v) is 3.75. The Kier molecular flexibility index (Phi) is 5.56. The minimum absolute atomic E-state index is 0.0638. The molecule has 1 fully saturated rings. The van der Waals surface area contributed by atoms with Gasteiger partial charge in [-0.25, -0.2) is 0 Å². The molecule has 1 N–H and O–H groups in total. The van der Waals surface area contributed by atoms with Gasteiger partial charge in [0.2, 0.25) is 5.91 Å². The Labute approximate surface area is 130 Å². The fourth-order valence-corrected chi connectivity index (χ4v) is 2.51. The molecule has 0 saturated carbocycles. The number of hydrogen-bond donors (Lipinski definition) is 1. The highest BCUT2D eigenvalue weighted by molar-refractivity contribution is 5.95. The van der Waals surface area contributed by atoms with Crippen LogP contribution in [0.3, 0.4) is 0 Å². The van der Waals surface area contributed by atoms with Crippen LogP contribution in [0.5, 0.6) is 5.75 Å². The lowest BCUT2D eigenvalue weighted by molar-refractivity contribution is -0.117. The maximum Gasteiger partial charge on any atom is 0.245 e. The molecule has 2 atom stereocenters. The van der Waals surface area contributed by atoms with Crippen molar-refractivity contribution in [3.05, 3.63) is 35.9 Å². The van der Waals surface area contributed by atoms with Crippen LogP contribution in [-0.4, -0.2) is 32.3 Å². The number of amides is 1. The minimum Gasteiger partial charge on any atom is -0.496 e. The van der Waals surface area contributed by atoms with Crippen LogP contribution in [0, 0.1) is 17.2 Å². The van der Waals surface area contributed by atoms with Crippen LogP contribution >= 0.6 is 0 Å². The van der Waals surface area contributed by atoms with E-state index in [1.54, 1.807) is 7.11 Å². The molecule has 1 amide bonds. The van der Waals surface area contributed by atoms with Gasteiger partial charge in [0.15, 0.2) is 0 Å². The topological polar surface area (TPSA) is 71.3 Å². The van der Waals surface area contributed by atoms with Crippen molar-refractivity contribution < 1.29 is 14.3 Å².